The van der Waals surface area contributed by atoms with E-state index < -0.39 is 6.09 Å². The number of benzene rings is 1. The highest BCUT2D eigenvalue weighted by Gasteiger charge is 2.44. The van der Waals surface area contributed by atoms with Gasteiger partial charge in [-0.2, -0.15) is 5.26 Å². The van der Waals surface area contributed by atoms with Crippen molar-refractivity contribution in [1.29, 1.82) is 5.26 Å². The Bertz CT molecular complexity index is 841. The van der Waals surface area contributed by atoms with E-state index in [2.05, 4.69) is 27.3 Å². The number of ether oxygens (including phenoxy) is 1. The van der Waals surface area contributed by atoms with Crippen molar-refractivity contribution in [2.24, 2.45) is 5.92 Å². The van der Waals surface area contributed by atoms with Crippen molar-refractivity contribution in [1.82, 2.24) is 9.88 Å². The molecule has 1 amide bonds. The van der Waals surface area contributed by atoms with Crippen LogP contribution < -0.4 is 5.32 Å². The molecular weight excluding hydrogens is 340 g/mol. The molecule has 6 heteroatoms. The number of pyridine rings is 1. The summed E-state index contributed by atoms with van der Waals surface area (Å²) in [5.74, 6) is 0.383. The fourth-order valence-corrected chi connectivity index (χ4v) is 4.23. The molecule has 0 aliphatic carbocycles. The second kappa shape index (κ2) is 7.77. The lowest BCUT2D eigenvalue weighted by Gasteiger charge is -2.50. The van der Waals surface area contributed by atoms with Crippen molar-refractivity contribution in [3.05, 3.63) is 59.9 Å². The Hall–Kier alpha value is -2.91. The van der Waals surface area contributed by atoms with Gasteiger partial charge in [0, 0.05) is 18.3 Å². The minimum Gasteiger partial charge on any atom is -0.444 e. The number of anilines is 1. The van der Waals surface area contributed by atoms with Crippen molar-refractivity contribution < 1.29 is 9.53 Å². The van der Waals surface area contributed by atoms with Crippen LogP contribution in [0.2, 0.25) is 0 Å². The molecule has 4 heterocycles. The third kappa shape index (κ3) is 3.79. The number of fused-ring (bicyclic) bond motifs is 3. The number of piperidine rings is 3. The molecule has 3 aliphatic rings. The van der Waals surface area contributed by atoms with E-state index in [1.807, 2.05) is 12.3 Å². The number of hydrogen-bond acceptors (Lipinski definition) is 5. The second-order valence-electron chi connectivity index (χ2n) is 7.16. The summed E-state index contributed by atoms with van der Waals surface area (Å²) in [7, 11) is 0. The van der Waals surface area contributed by atoms with Crippen molar-refractivity contribution in [3.63, 3.8) is 0 Å². The van der Waals surface area contributed by atoms with Crippen LogP contribution in [-0.2, 0) is 11.2 Å². The van der Waals surface area contributed by atoms with Crippen LogP contribution in [0.15, 0.2) is 48.8 Å². The minimum absolute atomic E-state index is 0.151. The van der Waals surface area contributed by atoms with Crippen LogP contribution in [0.3, 0.4) is 0 Å². The van der Waals surface area contributed by atoms with E-state index in [1.54, 1.807) is 30.5 Å². The van der Waals surface area contributed by atoms with Gasteiger partial charge < -0.3 is 4.74 Å². The monoisotopic (exact) mass is 362 g/mol. The molecule has 1 aromatic carbocycles. The fraction of sp³-hybridized carbons (Fsp3) is 0.381. The SMILES string of the molecule is N#Cc1ccccc1NC(=O)OC1C2CCN(CC2)C1Cc1cccnc1. The molecule has 1 aromatic heterocycles. The number of carbonyl (C=O) groups excluding carboxylic acids is 1. The van der Waals surface area contributed by atoms with Crippen LogP contribution in [0.1, 0.15) is 24.0 Å². The standard InChI is InChI=1S/C21H22N4O2/c22-13-17-5-1-2-6-18(17)24-21(26)27-20-16-7-10-25(11-8-16)19(20)12-15-4-3-9-23-14-15/h1-6,9,14,16,19-20H,7-8,10-12H2,(H,24,26). The Morgan fingerprint density at radius 3 is 2.81 bits per heavy atom. The average Bonchev–Trinajstić information content (AvgIpc) is 2.71. The van der Waals surface area contributed by atoms with Gasteiger partial charge in [0.05, 0.1) is 17.3 Å². The summed E-state index contributed by atoms with van der Waals surface area (Å²) in [5.41, 5.74) is 2.06. The van der Waals surface area contributed by atoms with Gasteiger partial charge in [-0.25, -0.2) is 4.79 Å². The van der Waals surface area contributed by atoms with Crippen LogP contribution in [0.25, 0.3) is 0 Å². The lowest BCUT2D eigenvalue weighted by atomic mass is 9.78. The highest BCUT2D eigenvalue weighted by atomic mass is 16.6. The topological polar surface area (TPSA) is 78.2 Å². The first kappa shape index (κ1) is 17.5. The third-order valence-corrected chi connectivity index (χ3v) is 5.58. The van der Waals surface area contributed by atoms with Crippen LogP contribution in [0.4, 0.5) is 10.5 Å². The van der Waals surface area contributed by atoms with E-state index in [0.717, 1.165) is 37.9 Å². The zero-order valence-electron chi connectivity index (χ0n) is 15.0. The van der Waals surface area contributed by atoms with Crippen LogP contribution in [0, 0.1) is 17.2 Å². The zero-order valence-corrected chi connectivity index (χ0v) is 15.0. The number of nitriles is 1. The molecule has 2 atom stereocenters. The van der Waals surface area contributed by atoms with Crippen LogP contribution in [-0.4, -0.2) is 41.2 Å². The molecule has 0 saturated carbocycles. The lowest BCUT2D eigenvalue weighted by molar-refractivity contribution is -0.0741. The molecule has 2 bridgehead atoms. The molecule has 3 fully saturated rings. The highest BCUT2D eigenvalue weighted by molar-refractivity contribution is 5.86. The first-order valence-electron chi connectivity index (χ1n) is 9.34. The molecule has 0 spiro atoms. The van der Waals surface area contributed by atoms with Gasteiger partial charge in [0.1, 0.15) is 12.2 Å². The maximum absolute atomic E-state index is 12.5. The number of carbonyl (C=O) groups is 1. The maximum Gasteiger partial charge on any atom is 0.412 e. The molecule has 5 rings (SSSR count). The van der Waals surface area contributed by atoms with E-state index in [-0.39, 0.29) is 12.1 Å². The van der Waals surface area contributed by atoms with E-state index >= 15 is 0 Å². The quantitative estimate of drug-likeness (QED) is 0.904. The molecule has 1 N–H and O–H groups in total. The van der Waals surface area contributed by atoms with Gasteiger partial charge in [-0.3, -0.25) is 15.2 Å². The maximum atomic E-state index is 12.5. The number of rotatable bonds is 4. The predicted octanol–water partition coefficient (Wildman–Crippen LogP) is 3.21. The van der Waals surface area contributed by atoms with Gasteiger partial charge in [-0.1, -0.05) is 18.2 Å². The summed E-state index contributed by atoms with van der Waals surface area (Å²) in [4.78, 5) is 19.2. The highest BCUT2D eigenvalue weighted by Crippen LogP contribution is 2.36. The number of hydrogen-bond donors (Lipinski definition) is 1. The van der Waals surface area contributed by atoms with Crippen molar-refractivity contribution in [2.45, 2.75) is 31.4 Å². The van der Waals surface area contributed by atoms with Gasteiger partial charge in [0.15, 0.2) is 0 Å². The lowest BCUT2D eigenvalue weighted by Crippen LogP contribution is -2.60. The number of para-hydroxylation sites is 1. The van der Waals surface area contributed by atoms with E-state index in [1.165, 1.54) is 0 Å². The molecule has 138 valence electrons. The fourth-order valence-electron chi connectivity index (χ4n) is 4.23. The van der Waals surface area contributed by atoms with Gasteiger partial charge >= 0.3 is 6.09 Å². The van der Waals surface area contributed by atoms with E-state index in [4.69, 9.17) is 4.74 Å². The molecule has 3 saturated heterocycles. The molecule has 0 radical (unpaired) electrons. The molecular formula is C21H22N4O2. The summed E-state index contributed by atoms with van der Waals surface area (Å²) in [5, 5.41) is 11.9. The zero-order chi connectivity index (χ0) is 18.6. The summed E-state index contributed by atoms with van der Waals surface area (Å²) in [6, 6.07) is 13.2. The predicted molar refractivity (Wildman–Crippen MR) is 101 cm³/mol. The summed E-state index contributed by atoms with van der Waals surface area (Å²) in [6.07, 6.45) is 5.92. The van der Waals surface area contributed by atoms with Gasteiger partial charge in [-0.15, -0.1) is 0 Å². The van der Waals surface area contributed by atoms with Crippen molar-refractivity contribution in [3.8, 4) is 6.07 Å². The first-order valence-corrected chi connectivity index (χ1v) is 9.34. The van der Waals surface area contributed by atoms with Crippen LogP contribution >= 0.6 is 0 Å². The van der Waals surface area contributed by atoms with Gasteiger partial charge in [-0.05, 0) is 56.1 Å². The second-order valence-corrected chi connectivity index (χ2v) is 7.16. The Labute approximate surface area is 158 Å². The molecule has 2 unspecified atom stereocenters. The largest absolute Gasteiger partial charge is 0.444 e. The number of amides is 1. The van der Waals surface area contributed by atoms with E-state index in [0.29, 0.717) is 17.2 Å². The number of aromatic nitrogens is 1. The van der Waals surface area contributed by atoms with Crippen molar-refractivity contribution in [2.75, 3.05) is 18.4 Å². The third-order valence-electron chi connectivity index (χ3n) is 5.58. The van der Waals surface area contributed by atoms with Crippen LogP contribution in [0.5, 0.6) is 0 Å². The first-order chi connectivity index (χ1) is 13.2. The van der Waals surface area contributed by atoms with Gasteiger partial charge in [0.25, 0.3) is 0 Å². The Balaban J connectivity index is 1.48. The minimum atomic E-state index is -0.493. The normalized spacial score (nSPS) is 26.2. The van der Waals surface area contributed by atoms with Gasteiger partial charge in [0.2, 0.25) is 0 Å². The molecule has 2 aromatic rings. The smallest absolute Gasteiger partial charge is 0.412 e. The summed E-state index contributed by atoms with van der Waals surface area (Å²) >= 11 is 0. The Morgan fingerprint density at radius 2 is 2.07 bits per heavy atom. The summed E-state index contributed by atoms with van der Waals surface area (Å²) in [6.45, 7) is 2.10. The van der Waals surface area contributed by atoms with Crippen molar-refractivity contribution >= 4 is 11.8 Å². The van der Waals surface area contributed by atoms with E-state index in [9.17, 15) is 10.1 Å². The summed E-state index contributed by atoms with van der Waals surface area (Å²) < 4.78 is 5.89. The molecule has 3 aliphatic heterocycles. The molecule has 27 heavy (non-hydrogen) atoms. The Kier molecular flexibility index (Phi) is 5.03. The number of nitrogens with zero attached hydrogens (tertiary/aromatic N) is 3. The molecule has 6 nitrogen and oxygen atoms in total. The average molecular weight is 362 g/mol. The number of nitrogens with one attached hydrogen (secondary N) is 1. The Morgan fingerprint density at radius 1 is 1.26 bits per heavy atom.